The van der Waals surface area contributed by atoms with Crippen LogP contribution in [-0.4, -0.2) is 30.5 Å². The standard InChI is InChI=1S/C14H16F3N3O.ClH/c15-14(16,17)10-5-11(7-19-6-10)20-9-13(2-1-12(20)21)3-4-18-8-13;/h5-7,18H,1-4,8-9H2;1H. The van der Waals surface area contributed by atoms with E-state index in [9.17, 15) is 18.0 Å². The summed E-state index contributed by atoms with van der Waals surface area (Å²) in [5.74, 6) is -0.131. The summed E-state index contributed by atoms with van der Waals surface area (Å²) in [5.41, 5.74) is -0.597. The van der Waals surface area contributed by atoms with Crippen LogP contribution >= 0.6 is 12.4 Å². The summed E-state index contributed by atoms with van der Waals surface area (Å²) in [4.78, 5) is 17.2. The molecule has 1 spiro atoms. The lowest BCUT2D eigenvalue weighted by Gasteiger charge is -2.39. The fourth-order valence-corrected chi connectivity index (χ4v) is 3.12. The second kappa shape index (κ2) is 6.04. The zero-order valence-corrected chi connectivity index (χ0v) is 12.6. The third-order valence-electron chi connectivity index (χ3n) is 4.36. The second-order valence-electron chi connectivity index (χ2n) is 5.84. The number of hydrogen-bond donors (Lipinski definition) is 1. The molecule has 22 heavy (non-hydrogen) atoms. The van der Waals surface area contributed by atoms with E-state index in [1.807, 2.05) is 0 Å². The maximum absolute atomic E-state index is 12.8. The Balaban J connectivity index is 0.00000176. The summed E-state index contributed by atoms with van der Waals surface area (Å²) < 4.78 is 38.3. The van der Waals surface area contributed by atoms with Crippen molar-refractivity contribution in [2.24, 2.45) is 5.41 Å². The van der Waals surface area contributed by atoms with Crippen LogP contribution in [0.25, 0.3) is 0 Å². The number of piperidine rings is 1. The Bertz CT molecular complexity index is 559. The largest absolute Gasteiger partial charge is 0.417 e. The number of aromatic nitrogens is 1. The van der Waals surface area contributed by atoms with Gasteiger partial charge in [-0.15, -0.1) is 12.4 Å². The van der Waals surface area contributed by atoms with Gasteiger partial charge in [0.25, 0.3) is 0 Å². The number of alkyl halides is 3. The molecule has 2 aliphatic heterocycles. The molecular formula is C14H17ClF3N3O. The molecule has 1 amide bonds. The van der Waals surface area contributed by atoms with E-state index in [-0.39, 0.29) is 29.4 Å². The SMILES string of the molecule is Cl.O=C1CCC2(CCNC2)CN1c1cncc(C(F)(F)F)c1. The lowest BCUT2D eigenvalue weighted by Crippen LogP contribution is -2.47. The van der Waals surface area contributed by atoms with Gasteiger partial charge in [0.15, 0.2) is 0 Å². The van der Waals surface area contributed by atoms with Crippen LogP contribution in [0.3, 0.4) is 0 Å². The minimum Gasteiger partial charge on any atom is -0.316 e. The highest BCUT2D eigenvalue weighted by Crippen LogP contribution is 2.38. The Morgan fingerprint density at radius 2 is 2.05 bits per heavy atom. The van der Waals surface area contributed by atoms with Crippen molar-refractivity contribution in [3.8, 4) is 0 Å². The molecule has 122 valence electrons. The van der Waals surface area contributed by atoms with Gasteiger partial charge in [-0.1, -0.05) is 0 Å². The van der Waals surface area contributed by atoms with Crippen molar-refractivity contribution >= 4 is 24.0 Å². The first-order valence-corrected chi connectivity index (χ1v) is 6.93. The quantitative estimate of drug-likeness (QED) is 0.858. The van der Waals surface area contributed by atoms with E-state index in [0.29, 0.717) is 13.0 Å². The van der Waals surface area contributed by atoms with Gasteiger partial charge in [-0.2, -0.15) is 13.2 Å². The van der Waals surface area contributed by atoms with Crippen LogP contribution in [-0.2, 0) is 11.0 Å². The van der Waals surface area contributed by atoms with Gasteiger partial charge in [0, 0.05) is 31.1 Å². The van der Waals surface area contributed by atoms with Gasteiger partial charge in [-0.3, -0.25) is 9.78 Å². The molecule has 1 N–H and O–H groups in total. The summed E-state index contributed by atoms with van der Waals surface area (Å²) in [6.07, 6.45) is -0.226. The molecule has 0 aromatic carbocycles. The Morgan fingerprint density at radius 3 is 2.68 bits per heavy atom. The van der Waals surface area contributed by atoms with Gasteiger partial charge in [-0.05, 0) is 25.5 Å². The minimum atomic E-state index is -4.45. The Hall–Kier alpha value is -1.34. The molecule has 1 aromatic heterocycles. The molecule has 2 saturated heterocycles. The summed E-state index contributed by atoms with van der Waals surface area (Å²) in [6, 6.07) is 1.01. The van der Waals surface area contributed by atoms with Gasteiger partial charge >= 0.3 is 6.18 Å². The highest BCUT2D eigenvalue weighted by Gasteiger charge is 2.41. The molecule has 1 atom stereocenters. The number of carbonyl (C=O) groups is 1. The minimum absolute atomic E-state index is 0. The lowest BCUT2D eigenvalue weighted by atomic mass is 9.79. The van der Waals surface area contributed by atoms with E-state index in [0.717, 1.165) is 38.2 Å². The summed E-state index contributed by atoms with van der Waals surface area (Å²) in [5, 5.41) is 3.27. The number of anilines is 1. The normalized spacial score (nSPS) is 25.4. The molecule has 2 aliphatic rings. The van der Waals surface area contributed by atoms with E-state index >= 15 is 0 Å². The van der Waals surface area contributed by atoms with Crippen LogP contribution in [0.2, 0.25) is 0 Å². The van der Waals surface area contributed by atoms with Crippen LogP contribution in [0.15, 0.2) is 18.5 Å². The van der Waals surface area contributed by atoms with Crippen LogP contribution in [0.5, 0.6) is 0 Å². The zero-order valence-electron chi connectivity index (χ0n) is 11.8. The summed E-state index contributed by atoms with van der Waals surface area (Å²) >= 11 is 0. The molecule has 0 radical (unpaired) electrons. The van der Waals surface area contributed by atoms with Gasteiger partial charge < -0.3 is 10.2 Å². The summed E-state index contributed by atoms with van der Waals surface area (Å²) in [7, 11) is 0. The number of carbonyl (C=O) groups excluding carboxylic acids is 1. The van der Waals surface area contributed by atoms with Crippen molar-refractivity contribution in [3.63, 3.8) is 0 Å². The third-order valence-corrected chi connectivity index (χ3v) is 4.36. The van der Waals surface area contributed by atoms with Crippen molar-refractivity contribution in [1.29, 1.82) is 0 Å². The van der Waals surface area contributed by atoms with Crippen molar-refractivity contribution < 1.29 is 18.0 Å². The smallest absolute Gasteiger partial charge is 0.316 e. The van der Waals surface area contributed by atoms with Crippen LogP contribution < -0.4 is 10.2 Å². The van der Waals surface area contributed by atoms with Crippen molar-refractivity contribution in [2.75, 3.05) is 24.5 Å². The summed E-state index contributed by atoms with van der Waals surface area (Å²) in [6.45, 7) is 2.16. The highest BCUT2D eigenvalue weighted by atomic mass is 35.5. The maximum Gasteiger partial charge on any atom is 0.417 e. The molecule has 0 bridgehead atoms. The number of nitrogens with zero attached hydrogens (tertiary/aromatic N) is 2. The number of amides is 1. The second-order valence-corrected chi connectivity index (χ2v) is 5.84. The van der Waals surface area contributed by atoms with Crippen molar-refractivity contribution in [1.82, 2.24) is 10.3 Å². The first-order valence-electron chi connectivity index (χ1n) is 6.93. The zero-order chi connectivity index (χ0) is 15.1. The third kappa shape index (κ3) is 3.20. The fourth-order valence-electron chi connectivity index (χ4n) is 3.12. The number of halogens is 4. The first kappa shape index (κ1) is 17.0. The first-order chi connectivity index (χ1) is 9.90. The van der Waals surface area contributed by atoms with E-state index in [1.54, 1.807) is 0 Å². The highest BCUT2D eigenvalue weighted by molar-refractivity contribution is 5.94. The molecule has 0 aliphatic carbocycles. The van der Waals surface area contributed by atoms with Gasteiger partial charge in [0.1, 0.15) is 0 Å². The average Bonchev–Trinajstić information content (AvgIpc) is 2.90. The molecule has 8 heteroatoms. The van der Waals surface area contributed by atoms with Crippen LogP contribution in [0.1, 0.15) is 24.8 Å². The van der Waals surface area contributed by atoms with E-state index in [2.05, 4.69) is 10.3 Å². The van der Waals surface area contributed by atoms with Gasteiger partial charge in [-0.25, -0.2) is 0 Å². The van der Waals surface area contributed by atoms with Gasteiger partial charge in [0.05, 0.1) is 17.4 Å². The molecule has 4 nitrogen and oxygen atoms in total. The maximum atomic E-state index is 12.8. The van der Waals surface area contributed by atoms with E-state index < -0.39 is 11.7 Å². The van der Waals surface area contributed by atoms with Crippen molar-refractivity contribution in [2.45, 2.75) is 25.4 Å². The monoisotopic (exact) mass is 335 g/mol. The Kier molecular flexibility index (Phi) is 4.67. The van der Waals surface area contributed by atoms with Crippen molar-refractivity contribution in [3.05, 3.63) is 24.0 Å². The lowest BCUT2D eigenvalue weighted by molar-refractivity contribution is -0.137. The Morgan fingerprint density at radius 1 is 1.27 bits per heavy atom. The fraction of sp³-hybridized carbons (Fsp3) is 0.571. The number of rotatable bonds is 1. The molecule has 1 unspecified atom stereocenters. The molecule has 3 heterocycles. The molecule has 0 saturated carbocycles. The van der Waals surface area contributed by atoms with E-state index in [4.69, 9.17) is 0 Å². The number of pyridine rings is 1. The topological polar surface area (TPSA) is 45.2 Å². The molecule has 1 aromatic rings. The van der Waals surface area contributed by atoms with Crippen LogP contribution in [0, 0.1) is 5.41 Å². The molecular weight excluding hydrogens is 319 g/mol. The van der Waals surface area contributed by atoms with Gasteiger partial charge in [0.2, 0.25) is 5.91 Å². The molecule has 3 rings (SSSR count). The molecule has 2 fully saturated rings. The Labute approximate surface area is 132 Å². The predicted octanol–water partition coefficient (Wildman–Crippen LogP) is 2.63. The number of nitrogens with one attached hydrogen (secondary N) is 1. The number of hydrogen-bond acceptors (Lipinski definition) is 3. The average molecular weight is 336 g/mol. The van der Waals surface area contributed by atoms with Crippen LogP contribution in [0.4, 0.5) is 18.9 Å². The van der Waals surface area contributed by atoms with E-state index in [1.165, 1.54) is 11.1 Å². The predicted molar refractivity (Wildman–Crippen MR) is 78.0 cm³/mol.